The van der Waals surface area contributed by atoms with Gasteiger partial charge in [0.15, 0.2) is 5.12 Å². The standard InChI is InChI=1S/C22H22O2S2/c23-21(25-18-12-6-2-7-13-18)16-20(17-10-4-1-5-11-17)22(24)26-19-14-8-3-9-15-19/h2-3,6-9,12-15H,1,4-5,10-11,16H2. The van der Waals surface area contributed by atoms with Crippen molar-refractivity contribution in [3.8, 4) is 0 Å². The molecule has 26 heavy (non-hydrogen) atoms. The van der Waals surface area contributed by atoms with E-state index >= 15 is 0 Å². The van der Waals surface area contributed by atoms with Crippen LogP contribution in [0.2, 0.25) is 0 Å². The highest BCUT2D eigenvalue weighted by Gasteiger charge is 2.21. The van der Waals surface area contributed by atoms with E-state index in [0.717, 1.165) is 41.0 Å². The Morgan fingerprint density at radius 2 is 1.27 bits per heavy atom. The van der Waals surface area contributed by atoms with Crippen LogP contribution in [-0.2, 0) is 9.59 Å². The second kappa shape index (κ2) is 9.79. The van der Waals surface area contributed by atoms with E-state index in [4.69, 9.17) is 0 Å². The average molecular weight is 383 g/mol. The van der Waals surface area contributed by atoms with Crippen LogP contribution in [0.4, 0.5) is 0 Å². The van der Waals surface area contributed by atoms with Crippen LogP contribution < -0.4 is 0 Å². The summed E-state index contributed by atoms with van der Waals surface area (Å²) < 4.78 is 0. The van der Waals surface area contributed by atoms with Gasteiger partial charge >= 0.3 is 0 Å². The Bertz CT molecular complexity index is 774. The molecule has 0 N–H and O–H groups in total. The first-order chi connectivity index (χ1) is 12.7. The topological polar surface area (TPSA) is 34.1 Å². The van der Waals surface area contributed by atoms with Crippen LogP contribution in [0.5, 0.6) is 0 Å². The summed E-state index contributed by atoms with van der Waals surface area (Å²) in [4.78, 5) is 27.4. The predicted octanol–water partition coefficient (Wildman–Crippen LogP) is 6.28. The highest BCUT2D eigenvalue weighted by Crippen LogP contribution is 2.33. The summed E-state index contributed by atoms with van der Waals surface area (Å²) in [5.41, 5.74) is 1.92. The van der Waals surface area contributed by atoms with Crippen molar-refractivity contribution in [3.63, 3.8) is 0 Å². The summed E-state index contributed by atoms with van der Waals surface area (Å²) in [5.74, 6) is 0. The lowest BCUT2D eigenvalue weighted by molar-refractivity contribution is -0.113. The predicted molar refractivity (Wildman–Crippen MR) is 109 cm³/mol. The van der Waals surface area contributed by atoms with Gasteiger partial charge in [0.25, 0.3) is 0 Å². The quantitative estimate of drug-likeness (QED) is 0.450. The molecule has 1 saturated carbocycles. The van der Waals surface area contributed by atoms with Gasteiger partial charge in [0.2, 0.25) is 5.12 Å². The van der Waals surface area contributed by atoms with Crippen LogP contribution in [-0.4, -0.2) is 10.2 Å². The molecule has 0 saturated heterocycles. The van der Waals surface area contributed by atoms with E-state index in [2.05, 4.69) is 0 Å². The average Bonchev–Trinajstić information content (AvgIpc) is 2.68. The molecule has 1 aliphatic rings. The van der Waals surface area contributed by atoms with E-state index in [9.17, 15) is 9.59 Å². The zero-order chi connectivity index (χ0) is 18.2. The summed E-state index contributed by atoms with van der Waals surface area (Å²) in [6.45, 7) is 0. The molecule has 0 atom stereocenters. The maximum atomic E-state index is 12.9. The van der Waals surface area contributed by atoms with Gasteiger partial charge in [0.1, 0.15) is 0 Å². The van der Waals surface area contributed by atoms with E-state index in [0.29, 0.717) is 0 Å². The van der Waals surface area contributed by atoms with Gasteiger partial charge in [-0.3, -0.25) is 9.59 Å². The van der Waals surface area contributed by atoms with Gasteiger partial charge in [-0.15, -0.1) is 0 Å². The Balaban J connectivity index is 1.75. The molecule has 0 bridgehead atoms. The number of hydrogen-bond donors (Lipinski definition) is 0. The third-order valence-corrected chi connectivity index (χ3v) is 6.20. The first kappa shape index (κ1) is 19.0. The molecule has 0 radical (unpaired) electrons. The smallest absolute Gasteiger partial charge is 0.220 e. The van der Waals surface area contributed by atoms with Crippen LogP contribution >= 0.6 is 23.5 Å². The van der Waals surface area contributed by atoms with Crippen molar-refractivity contribution in [2.75, 3.05) is 0 Å². The number of thioether (sulfide) groups is 2. The third-order valence-electron chi connectivity index (χ3n) is 4.38. The maximum Gasteiger partial charge on any atom is 0.220 e. The largest absolute Gasteiger partial charge is 0.286 e. The van der Waals surface area contributed by atoms with Crippen LogP contribution in [0.15, 0.2) is 81.6 Å². The van der Waals surface area contributed by atoms with E-state index in [1.165, 1.54) is 35.5 Å². The minimum absolute atomic E-state index is 0.0233. The molecule has 4 heteroatoms. The summed E-state index contributed by atoms with van der Waals surface area (Å²) >= 11 is 2.46. The van der Waals surface area contributed by atoms with E-state index in [-0.39, 0.29) is 16.7 Å². The molecule has 0 amide bonds. The zero-order valence-corrected chi connectivity index (χ0v) is 16.3. The fourth-order valence-electron chi connectivity index (χ4n) is 3.08. The molecule has 0 spiro atoms. The second-order valence-corrected chi connectivity index (χ2v) is 8.49. The Morgan fingerprint density at radius 1 is 0.731 bits per heavy atom. The molecule has 0 aromatic heterocycles. The van der Waals surface area contributed by atoms with Gasteiger partial charge in [0.05, 0.1) is 0 Å². The summed E-state index contributed by atoms with van der Waals surface area (Å²) in [6.07, 6.45) is 5.54. The van der Waals surface area contributed by atoms with Crippen molar-refractivity contribution in [3.05, 3.63) is 71.8 Å². The van der Waals surface area contributed by atoms with Gasteiger partial charge in [-0.05, 0) is 61.7 Å². The first-order valence-corrected chi connectivity index (χ1v) is 10.6. The minimum Gasteiger partial charge on any atom is -0.286 e. The van der Waals surface area contributed by atoms with Crippen molar-refractivity contribution >= 4 is 33.8 Å². The lowest BCUT2D eigenvalue weighted by Crippen LogP contribution is -2.09. The fourth-order valence-corrected chi connectivity index (χ4v) is 4.70. The van der Waals surface area contributed by atoms with Crippen molar-refractivity contribution < 1.29 is 9.59 Å². The lowest BCUT2D eigenvalue weighted by atomic mass is 9.90. The Labute approximate surface area is 163 Å². The number of rotatable bonds is 5. The molecular weight excluding hydrogens is 360 g/mol. The van der Waals surface area contributed by atoms with Crippen LogP contribution in [0, 0.1) is 0 Å². The molecule has 0 heterocycles. The van der Waals surface area contributed by atoms with Crippen molar-refractivity contribution in [1.29, 1.82) is 0 Å². The maximum absolute atomic E-state index is 12.9. The van der Waals surface area contributed by atoms with Crippen LogP contribution in [0.25, 0.3) is 0 Å². The van der Waals surface area contributed by atoms with Gasteiger partial charge < -0.3 is 0 Å². The van der Waals surface area contributed by atoms with E-state index < -0.39 is 0 Å². The van der Waals surface area contributed by atoms with Crippen molar-refractivity contribution in [2.45, 2.75) is 48.3 Å². The fraction of sp³-hybridized carbons (Fsp3) is 0.273. The first-order valence-electron chi connectivity index (χ1n) is 8.96. The Kier molecular flexibility index (Phi) is 7.15. The third kappa shape index (κ3) is 5.61. The lowest BCUT2D eigenvalue weighted by Gasteiger charge is -2.18. The van der Waals surface area contributed by atoms with Gasteiger partial charge in [-0.1, -0.05) is 60.2 Å². The minimum atomic E-state index is 0.0233. The highest BCUT2D eigenvalue weighted by atomic mass is 32.2. The monoisotopic (exact) mass is 382 g/mol. The molecule has 3 rings (SSSR count). The molecule has 1 fully saturated rings. The molecule has 2 aromatic rings. The molecule has 1 aliphatic carbocycles. The molecular formula is C22H22O2S2. The Morgan fingerprint density at radius 3 is 1.85 bits per heavy atom. The van der Waals surface area contributed by atoms with Gasteiger partial charge in [-0.2, -0.15) is 0 Å². The van der Waals surface area contributed by atoms with Crippen LogP contribution in [0.3, 0.4) is 0 Å². The van der Waals surface area contributed by atoms with E-state index in [1.54, 1.807) is 0 Å². The number of carbonyl (C=O) groups is 2. The van der Waals surface area contributed by atoms with E-state index in [1.807, 2.05) is 60.7 Å². The number of hydrogen-bond acceptors (Lipinski definition) is 4. The molecule has 2 aromatic carbocycles. The molecule has 134 valence electrons. The SMILES string of the molecule is O=C(CC(C(=O)Sc1ccccc1)=C1CCCCC1)Sc1ccccc1. The molecule has 0 unspecified atom stereocenters. The van der Waals surface area contributed by atoms with Crippen LogP contribution in [0.1, 0.15) is 38.5 Å². The number of allylic oxidation sites excluding steroid dienone is 1. The number of benzene rings is 2. The van der Waals surface area contributed by atoms with Crippen molar-refractivity contribution in [1.82, 2.24) is 0 Å². The summed E-state index contributed by atoms with van der Waals surface area (Å²) in [7, 11) is 0. The zero-order valence-electron chi connectivity index (χ0n) is 14.6. The number of carbonyl (C=O) groups excluding carboxylic acids is 2. The second-order valence-electron chi connectivity index (χ2n) is 6.31. The normalized spacial score (nSPS) is 14.1. The highest BCUT2D eigenvalue weighted by molar-refractivity contribution is 8.14. The van der Waals surface area contributed by atoms with Crippen molar-refractivity contribution in [2.24, 2.45) is 0 Å². The Hall–Kier alpha value is -1.78. The van der Waals surface area contributed by atoms with Gasteiger partial charge in [0, 0.05) is 21.8 Å². The molecule has 0 aliphatic heterocycles. The van der Waals surface area contributed by atoms with Gasteiger partial charge in [-0.25, -0.2) is 0 Å². The molecule has 2 nitrogen and oxygen atoms in total. The summed E-state index contributed by atoms with van der Waals surface area (Å²) in [5, 5.41) is 0.0568. The summed E-state index contributed by atoms with van der Waals surface area (Å²) in [6, 6.07) is 19.3.